The van der Waals surface area contributed by atoms with Crippen molar-refractivity contribution in [3.8, 4) is 0 Å². The zero-order chi connectivity index (χ0) is 15.4. The molecule has 0 radical (unpaired) electrons. The molecule has 1 aromatic rings. The fourth-order valence-corrected chi connectivity index (χ4v) is 2.41. The van der Waals surface area contributed by atoms with Crippen LogP contribution in [0.1, 0.15) is 26.3 Å². The van der Waals surface area contributed by atoms with Crippen molar-refractivity contribution in [3.63, 3.8) is 0 Å². The molecule has 0 aliphatic rings. The molecule has 0 bridgehead atoms. The second-order valence-corrected chi connectivity index (χ2v) is 7.27. The molecular formula is C14H22N2O3S. The van der Waals surface area contributed by atoms with Gasteiger partial charge in [-0.15, -0.1) is 0 Å². The van der Waals surface area contributed by atoms with Crippen LogP contribution in [-0.2, 0) is 21.2 Å². The van der Waals surface area contributed by atoms with E-state index < -0.39 is 15.4 Å². The molecule has 0 atom stereocenters. The van der Waals surface area contributed by atoms with Crippen LogP contribution in [0.25, 0.3) is 0 Å². The van der Waals surface area contributed by atoms with Gasteiger partial charge in [-0.1, -0.05) is 19.1 Å². The Morgan fingerprint density at radius 1 is 1.20 bits per heavy atom. The zero-order valence-corrected chi connectivity index (χ0v) is 13.2. The highest BCUT2D eigenvalue weighted by molar-refractivity contribution is 7.90. The molecule has 0 aromatic heterocycles. The highest BCUT2D eigenvalue weighted by Gasteiger charge is 2.25. The lowest BCUT2D eigenvalue weighted by molar-refractivity contribution is -0.126. The summed E-state index contributed by atoms with van der Waals surface area (Å²) in [6.07, 6.45) is 1.17. The largest absolute Gasteiger partial charge is 0.350 e. The summed E-state index contributed by atoms with van der Waals surface area (Å²) in [4.78, 5) is 12.3. The summed E-state index contributed by atoms with van der Waals surface area (Å²) < 4.78 is 22.7. The Balaban J connectivity index is 2.65. The number of carbonyl (C=O) groups excluding carboxylic acids is 1. The molecule has 1 amide bonds. The van der Waals surface area contributed by atoms with Gasteiger partial charge in [0.2, 0.25) is 5.91 Å². The Morgan fingerprint density at radius 3 is 2.20 bits per heavy atom. The molecule has 0 aliphatic carbocycles. The monoisotopic (exact) mass is 298 g/mol. The highest BCUT2D eigenvalue weighted by atomic mass is 32.2. The van der Waals surface area contributed by atoms with Gasteiger partial charge in [-0.05, 0) is 38.1 Å². The van der Waals surface area contributed by atoms with Gasteiger partial charge in [-0.3, -0.25) is 4.79 Å². The summed E-state index contributed by atoms with van der Waals surface area (Å²) in [5.41, 5.74) is 0.236. The summed E-state index contributed by atoms with van der Waals surface area (Å²) >= 11 is 0. The van der Waals surface area contributed by atoms with Gasteiger partial charge >= 0.3 is 0 Å². The van der Waals surface area contributed by atoms with Crippen molar-refractivity contribution in [2.24, 2.45) is 0 Å². The van der Waals surface area contributed by atoms with E-state index in [9.17, 15) is 13.2 Å². The van der Waals surface area contributed by atoms with E-state index in [0.29, 0.717) is 13.1 Å². The van der Waals surface area contributed by atoms with Crippen molar-refractivity contribution in [1.29, 1.82) is 0 Å². The molecule has 1 aromatic carbocycles. The molecule has 5 nitrogen and oxygen atoms in total. The molecule has 112 valence electrons. The first-order valence-corrected chi connectivity index (χ1v) is 8.38. The molecule has 0 saturated carbocycles. The van der Waals surface area contributed by atoms with E-state index in [-0.39, 0.29) is 10.8 Å². The lowest BCUT2D eigenvalue weighted by atomic mass is 10.0. The lowest BCUT2D eigenvalue weighted by Gasteiger charge is -2.24. The van der Waals surface area contributed by atoms with Crippen LogP contribution in [-0.4, -0.2) is 32.7 Å². The standard InChI is InChI=1S/C14H22N2O3S/c1-5-16-14(2,3)13(17)15-10-11-6-8-12(9-7-11)20(4,18)19/h6-9,16H,5,10H2,1-4H3,(H,15,17). The summed E-state index contributed by atoms with van der Waals surface area (Å²) in [7, 11) is -3.18. The maximum Gasteiger partial charge on any atom is 0.239 e. The van der Waals surface area contributed by atoms with E-state index >= 15 is 0 Å². The van der Waals surface area contributed by atoms with Gasteiger partial charge < -0.3 is 10.6 Å². The van der Waals surface area contributed by atoms with Crippen molar-refractivity contribution in [1.82, 2.24) is 10.6 Å². The molecular weight excluding hydrogens is 276 g/mol. The number of hydrogen-bond donors (Lipinski definition) is 2. The second kappa shape index (κ2) is 6.37. The third-order valence-electron chi connectivity index (χ3n) is 2.99. The third kappa shape index (κ3) is 4.61. The summed E-state index contributed by atoms with van der Waals surface area (Å²) in [5.74, 6) is -0.0912. The normalized spacial score (nSPS) is 12.2. The Kier molecular flexibility index (Phi) is 5.30. The smallest absolute Gasteiger partial charge is 0.239 e. The van der Waals surface area contributed by atoms with Crippen LogP contribution in [0.4, 0.5) is 0 Å². The zero-order valence-electron chi connectivity index (χ0n) is 12.4. The molecule has 0 spiro atoms. The maximum absolute atomic E-state index is 12.0. The number of sulfone groups is 1. The Labute approximate surface area is 120 Å². The van der Waals surface area contributed by atoms with Crippen LogP contribution in [0, 0.1) is 0 Å². The Morgan fingerprint density at radius 2 is 1.75 bits per heavy atom. The predicted molar refractivity (Wildman–Crippen MR) is 79.2 cm³/mol. The number of likely N-dealkylation sites (N-methyl/N-ethyl adjacent to an activating group) is 1. The van der Waals surface area contributed by atoms with Crippen LogP contribution in [0.5, 0.6) is 0 Å². The van der Waals surface area contributed by atoms with Crippen LogP contribution < -0.4 is 10.6 Å². The number of carbonyl (C=O) groups is 1. The molecule has 0 unspecified atom stereocenters. The summed E-state index contributed by atoms with van der Waals surface area (Å²) in [6, 6.07) is 6.51. The molecule has 2 N–H and O–H groups in total. The lowest BCUT2D eigenvalue weighted by Crippen LogP contribution is -2.52. The van der Waals surface area contributed by atoms with Gasteiger partial charge in [-0.25, -0.2) is 8.42 Å². The van der Waals surface area contributed by atoms with Crippen molar-refractivity contribution in [2.45, 2.75) is 37.8 Å². The van der Waals surface area contributed by atoms with E-state index in [1.54, 1.807) is 24.3 Å². The molecule has 6 heteroatoms. The van der Waals surface area contributed by atoms with Crippen LogP contribution in [0.3, 0.4) is 0 Å². The molecule has 0 saturated heterocycles. The maximum atomic E-state index is 12.0. The molecule has 0 heterocycles. The number of rotatable bonds is 6. The van der Waals surface area contributed by atoms with Crippen molar-refractivity contribution in [3.05, 3.63) is 29.8 Å². The van der Waals surface area contributed by atoms with Crippen LogP contribution in [0.15, 0.2) is 29.2 Å². The first kappa shape index (κ1) is 16.7. The van der Waals surface area contributed by atoms with Crippen molar-refractivity contribution in [2.75, 3.05) is 12.8 Å². The fourth-order valence-electron chi connectivity index (χ4n) is 1.78. The number of benzene rings is 1. The molecule has 0 fully saturated rings. The van der Waals surface area contributed by atoms with E-state index in [1.807, 2.05) is 20.8 Å². The first-order valence-electron chi connectivity index (χ1n) is 6.49. The van der Waals surface area contributed by atoms with Gasteiger partial charge in [0.1, 0.15) is 0 Å². The number of nitrogens with one attached hydrogen (secondary N) is 2. The van der Waals surface area contributed by atoms with E-state index in [4.69, 9.17) is 0 Å². The topological polar surface area (TPSA) is 75.3 Å². The number of amides is 1. The quantitative estimate of drug-likeness (QED) is 0.824. The minimum absolute atomic E-state index is 0.0912. The van der Waals surface area contributed by atoms with Gasteiger partial charge in [0, 0.05) is 12.8 Å². The van der Waals surface area contributed by atoms with E-state index in [1.165, 1.54) is 6.26 Å². The van der Waals surface area contributed by atoms with Gasteiger partial charge in [0.25, 0.3) is 0 Å². The predicted octanol–water partition coefficient (Wildman–Crippen LogP) is 1.09. The molecule has 20 heavy (non-hydrogen) atoms. The molecule has 0 aliphatic heterocycles. The van der Waals surface area contributed by atoms with Crippen molar-refractivity contribution < 1.29 is 13.2 Å². The van der Waals surface area contributed by atoms with Gasteiger partial charge in [0.15, 0.2) is 9.84 Å². The molecule has 1 rings (SSSR count). The second-order valence-electron chi connectivity index (χ2n) is 5.25. The van der Waals surface area contributed by atoms with Crippen LogP contribution in [0.2, 0.25) is 0 Å². The summed E-state index contributed by atoms with van der Waals surface area (Å²) in [6.45, 7) is 6.66. The first-order chi connectivity index (χ1) is 9.16. The van der Waals surface area contributed by atoms with Crippen LogP contribution >= 0.6 is 0 Å². The van der Waals surface area contributed by atoms with E-state index in [2.05, 4.69) is 10.6 Å². The minimum atomic E-state index is -3.18. The third-order valence-corrected chi connectivity index (χ3v) is 4.12. The minimum Gasteiger partial charge on any atom is -0.350 e. The van der Waals surface area contributed by atoms with Crippen molar-refractivity contribution >= 4 is 15.7 Å². The SMILES string of the molecule is CCNC(C)(C)C(=O)NCc1ccc(S(C)(=O)=O)cc1. The summed E-state index contributed by atoms with van der Waals surface area (Å²) in [5, 5.41) is 5.93. The van der Waals surface area contributed by atoms with Gasteiger partial charge in [0.05, 0.1) is 10.4 Å². The fraction of sp³-hybridized carbons (Fsp3) is 0.500. The number of hydrogen-bond acceptors (Lipinski definition) is 4. The average molecular weight is 298 g/mol. The average Bonchev–Trinajstić information content (AvgIpc) is 2.35. The van der Waals surface area contributed by atoms with Gasteiger partial charge in [-0.2, -0.15) is 0 Å². The Bertz CT molecular complexity index is 563. The Hall–Kier alpha value is -1.40. The van der Waals surface area contributed by atoms with E-state index in [0.717, 1.165) is 5.56 Å². The highest BCUT2D eigenvalue weighted by Crippen LogP contribution is 2.10.